The Morgan fingerprint density at radius 2 is 2.12 bits per heavy atom. The van der Waals surface area contributed by atoms with Gasteiger partial charge in [0.1, 0.15) is 10.7 Å². The fourth-order valence-corrected chi connectivity index (χ4v) is 4.54. The summed E-state index contributed by atoms with van der Waals surface area (Å²) in [6, 6.07) is 5.35. The minimum Gasteiger partial charge on any atom is -0.384 e. The summed E-state index contributed by atoms with van der Waals surface area (Å²) >= 11 is 0. The average molecular weight is 355 g/mol. The lowest BCUT2D eigenvalue weighted by Gasteiger charge is -2.16. The molecule has 1 aromatic heterocycles. The van der Waals surface area contributed by atoms with Gasteiger partial charge in [0.2, 0.25) is 15.9 Å². The molecule has 1 saturated heterocycles. The highest BCUT2D eigenvalue weighted by Crippen LogP contribution is 2.35. The van der Waals surface area contributed by atoms with Crippen molar-refractivity contribution in [2.45, 2.75) is 17.7 Å². The lowest BCUT2D eigenvalue weighted by molar-refractivity contribution is 0.145. The van der Waals surface area contributed by atoms with Crippen LogP contribution >= 0.6 is 0 Å². The maximum Gasteiger partial charge on any atom is 0.246 e. The van der Waals surface area contributed by atoms with Gasteiger partial charge >= 0.3 is 0 Å². The molecule has 7 nitrogen and oxygen atoms in total. The molecule has 0 spiro atoms. The van der Waals surface area contributed by atoms with Crippen LogP contribution in [0.2, 0.25) is 0 Å². The van der Waals surface area contributed by atoms with Crippen molar-refractivity contribution in [2.24, 2.45) is 5.92 Å². The van der Waals surface area contributed by atoms with Gasteiger partial charge in [-0.3, -0.25) is 0 Å². The van der Waals surface area contributed by atoms with Crippen molar-refractivity contribution in [1.29, 1.82) is 0 Å². The fraction of sp³-hybridized carbons (Fsp3) is 0.467. The first kappa shape index (κ1) is 17.0. The van der Waals surface area contributed by atoms with E-state index in [-0.39, 0.29) is 29.8 Å². The summed E-state index contributed by atoms with van der Waals surface area (Å²) in [7, 11) is -2.40. The van der Waals surface area contributed by atoms with E-state index in [4.69, 9.17) is 9.26 Å². The number of halogens is 1. The van der Waals surface area contributed by atoms with Crippen LogP contribution in [0.15, 0.2) is 33.7 Å². The van der Waals surface area contributed by atoms with E-state index in [1.54, 1.807) is 14.0 Å². The van der Waals surface area contributed by atoms with Crippen molar-refractivity contribution in [3.63, 3.8) is 0 Å². The van der Waals surface area contributed by atoms with Crippen molar-refractivity contribution >= 4 is 10.0 Å². The van der Waals surface area contributed by atoms with Crippen molar-refractivity contribution in [3.8, 4) is 0 Å². The number of hydrogen-bond donors (Lipinski definition) is 0. The molecule has 1 aliphatic heterocycles. The van der Waals surface area contributed by atoms with Gasteiger partial charge in [-0.25, -0.2) is 12.8 Å². The molecule has 2 aromatic rings. The first-order chi connectivity index (χ1) is 11.4. The topological polar surface area (TPSA) is 85.5 Å². The Bertz CT molecular complexity index is 824. The van der Waals surface area contributed by atoms with Gasteiger partial charge in [0, 0.05) is 26.1 Å². The molecule has 0 unspecified atom stereocenters. The van der Waals surface area contributed by atoms with Crippen LogP contribution in [-0.2, 0) is 14.8 Å². The first-order valence-corrected chi connectivity index (χ1v) is 8.91. The maximum absolute atomic E-state index is 13.9. The predicted octanol–water partition coefficient (Wildman–Crippen LogP) is 1.57. The van der Waals surface area contributed by atoms with Crippen molar-refractivity contribution < 1.29 is 22.1 Å². The van der Waals surface area contributed by atoms with Gasteiger partial charge in [0.15, 0.2) is 5.82 Å². The number of rotatable bonds is 5. The summed E-state index contributed by atoms with van der Waals surface area (Å²) in [5.41, 5.74) is 0. The second kappa shape index (κ2) is 6.58. The normalized spacial score (nSPS) is 22.1. The minimum atomic E-state index is -3.94. The number of sulfonamides is 1. The molecular formula is C15H18FN3O4S. The summed E-state index contributed by atoms with van der Waals surface area (Å²) < 4.78 is 51.1. The monoisotopic (exact) mass is 355 g/mol. The second-order valence-electron chi connectivity index (χ2n) is 5.75. The Balaban J connectivity index is 1.91. The Morgan fingerprint density at radius 1 is 1.38 bits per heavy atom. The molecule has 1 fully saturated rings. The summed E-state index contributed by atoms with van der Waals surface area (Å²) in [6.07, 6.45) is 0. The Labute approximate surface area is 139 Å². The molecule has 0 saturated carbocycles. The lowest BCUT2D eigenvalue weighted by atomic mass is 9.97. The summed E-state index contributed by atoms with van der Waals surface area (Å²) in [5, 5.41) is 3.76. The largest absolute Gasteiger partial charge is 0.384 e. The highest BCUT2D eigenvalue weighted by Gasteiger charge is 2.43. The number of nitrogens with zero attached hydrogens (tertiary/aromatic N) is 3. The molecule has 3 rings (SSSR count). The number of ether oxygens (including phenoxy) is 1. The summed E-state index contributed by atoms with van der Waals surface area (Å²) in [4.78, 5) is 3.87. The third kappa shape index (κ3) is 3.06. The van der Waals surface area contributed by atoms with E-state index in [0.717, 1.165) is 6.07 Å². The third-order valence-electron chi connectivity index (χ3n) is 4.10. The van der Waals surface area contributed by atoms with Gasteiger partial charge in [-0.2, -0.15) is 9.29 Å². The molecule has 0 aliphatic carbocycles. The highest BCUT2D eigenvalue weighted by molar-refractivity contribution is 7.89. The zero-order valence-electron chi connectivity index (χ0n) is 13.3. The van der Waals surface area contributed by atoms with E-state index < -0.39 is 15.8 Å². The SMILES string of the molecule is COC[C@@H]1CN(S(=O)(=O)c2ccccc2F)C[C@H]1c1nc(C)no1. The number of aromatic nitrogens is 2. The van der Waals surface area contributed by atoms with E-state index in [9.17, 15) is 12.8 Å². The molecule has 1 aliphatic rings. The molecule has 0 N–H and O–H groups in total. The van der Waals surface area contributed by atoms with Crippen LogP contribution in [0.4, 0.5) is 4.39 Å². The molecule has 2 heterocycles. The predicted molar refractivity (Wildman–Crippen MR) is 82.3 cm³/mol. The molecule has 0 amide bonds. The van der Waals surface area contributed by atoms with Crippen LogP contribution in [-0.4, -0.2) is 49.7 Å². The molecule has 130 valence electrons. The fourth-order valence-electron chi connectivity index (χ4n) is 2.95. The quantitative estimate of drug-likeness (QED) is 0.809. The van der Waals surface area contributed by atoms with Crippen LogP contribution in [0.25, 0.3) is 0 Å². The van der Waals surface area contributed by atoms with E-state index in [2.05, 4.69) is 10.1 Å². The van der Waals surface area contributed by atoms with Gasteiger partial charge in [-0.15, -0.1) is 0 Å². The van der Waals surface area contributed by atoms with E-state index in [1.165, 1.54) is 22.5 Å². The van der Waals surface area contributed by atoms with E-state index in [1.807, 2.05) is 0 Å². The number of methoxy groups -OCH3 is 1. The van der Waals surface area contributed by atoms with Gasteiger partial charge < -0.3 is 9.26 Å². The Hall–Kier alpha value is -1.84. The third-order valence-corrected chi connectivity index (χ3v) is 5.97. The molecule has 2 atom stereocenters. The van der Waals surface area contributed by atoms with Crippen molar-refractivity contribution in [2.75, 3.05) is 26.8 Å². The smallest absolute Gasteiger partial charge is 0.246 e. The second-order valence-corrected chi connectivity index (χ2v) is 7.66. The van der Waals surface area contributed by atoms with Crippen molar-refractivity contribution in [3.05, 3.63) is 41.8 Å². The molecule has 9 heteroatoms. The molecule has 1 aromatic carbocycles. The standard InChI is InChI=1S/C15H18FN3O4S/c1-10-17-15(23-18-10)12-8-19(7-11(12)9-22-2)24(20,21)14-6-4-3-5-13(14)16/h3-6,11-12H,7-9H2,1-2H3/t11-,12+/m0/s1. The maximum atomic E-state index is 13.9. The summed E-state index contributed by atoms with van der Waals surface area (Å²) in [5.74, 6) is -0.334. The van der Waals surface area contributed by atoms with Crippen LogP contribution < -0.4 is 0 Å². The number of aryl methyl sites for hydroxylation is 1. The summed E-state index contributed by atoms with van der Waals surface area (Å²) in [6.45, 7) is 2.39. The lowest BCUT2D eigenvalue weighted by Crippen LogP contribution is -2.30. The van der Waals surface area contributed by atoms with E-state index >= 15 is 0 Å². The van der Waals surface area contributed by atoms with Gasteiger partial charge in [0.05, 0.1) is 12.5 Å². The Morgan fingerprint density at radius 3 is 2.75 bits per heavy atom. The van der Waals surface area contributed by atoms with E-state index in [0.29, 0.717) is 18.3 Å². The first-order valence-electron chi connectivity index (χ1n) is 7.47. The van der Waals surface area contributed by atoms with Gasteiger partial charge in [-0.05, 0) is 19.1 Å². The van der Waals surface area contributed by atoms with Crippen LogP contribution in [0, 0.1) is 18.7 Å². The molecule has 24 heavy (non-hydrogen) atoms. The molecular weight excluding hydrogens is 337 g/mol. The number of hydrogen-bond acceptors (Lipinski definition) is 6. The number of benzene rings is 1. The van der Waals surface area contributed by atoms with Crippen molar-refractivity contribution in [1.82, 2.24) is 14.4 Å². The van der Waals surface area contributed by atoms with Crippen LogP contribution in [0.1, 0.15) is 17.6 Å². The molecule has 0 bridgehead atoms. The van der Waals surface area contributed by atoms with Gasteiger partial charge in [0.25, 0.3) is 0 Å². The minimum absolute atomic E-state index is 0.142. The zero-order valence-corrected chi connectivity index (χ0v) is 14.2. The zero-order chi connectivity index (χ0) is 17.3. The average Bonchev–Trinajstić information content (AvgIpc) is 3.14. The van der Waals surface area contributed by atoms with Gasteiger partial charge in [-0.1, -0.05) is 17.3 Å². The van der Waals surface area contributed by atoms with Crippen LogP contribution in [0.5, 0.6) is 0 Å². The highest BCUT2D eigenvalue weighted by atomic mass is 32.2. The van der Waals surface area contributed by atoms with Crippen LogP contribution in [0.3, 0.4) is 0 Å². The Kier molecular flexibility index (Phi) is 4.66. The molecule has 0 radical (unpaired) electrons.